The predicted octanol–water partition coefficient (Wildman–Crippen LogP) is 3.25. The molecule has 3 heteroatoms. The number of nitrogens with zero attached hydrogens (tertiary/aromatic N) is 2. The maximum Gasteiger partial charge on any atom is 0.0593 e. The minimum absolute atomic E-state index is 0.293. The summed E-state index contributed by atoms with van der Waals surface area (Å²) >= 11 is 0. The van der Waals surface area contributed by atoms with E-state index in [0.717, 1.165) is 25.7 Å². The van der Waals surface area contributed by atoms with Crippen molar-refractivity contribution < 1.29 is 4.74 Å². The lowest BCUT2D eigenvalue weighted by atomic mass is 9.95. The lowest BCUT2D eigenvalue weighted by molar-refractivity contribution is 0.0451. The summed E-state index contributed by atoms with van der Waals surface area (Å²) in [5, 5.41) is 0. The van der Waals surface area contributed by atoms with Crippen molar-refractivity contribution in [2.45, 2.75) is 52.9 Å². The van der Waals surface area contributed by atoms with Crippen LogP contribution in [0.25, 0.3) is 0 Å². The van der Waals surface area contributed by atoms with Crippen LogP contribution in [0.2, 0.25) is 0 Å². The average molecular weight is 296 g/mol. The monoisotopic (exact) mass is 296 g/mol. The maximum atomic E-state index is 5.80. The van der Waals surface area contributed by atoms with E-state index in [1.165, 1.54) is 64.8 Å². The summed E-state index contributed by atoms with van der Waals surface area (Å²) in [6.07, 6.45) is 7.06. The van der Waals surface area contributed by atoms with Crippen LogP contribution < -0.4 is 0 Å². The SMILES string of the molecule is CC(C)(C)COCCN1CCC(CN2CCCCC2)CC1. The topological polar surface area (TPSA) is 15.7 Å². The molecule has 0 spiro atoms. The largest absolute Gasteiger partial charge is 0.380 e. The fourth-order valence-electron chi connectivity index (χ4n) is 3.47. The third-order valence-corrected chi connectivity index (χ3v) is 4.76. The fraction of sp³-hybridized carbons (Fsp3) is 1.00. The molecule has 0 atom stereocenters. The Balaban J connectivity index is 1.53. The number of likely N-dealkylation sites (tertiary alicyclic amines) is 2. The Hall–Kier alpha value is -0.120. The molecule has 3 nitrogen and oxygen atoms in total. The van der Waals surface area contributed by atoms with E-state index in [-0.39, 0.29) is 0 Å². The second-order valence-corrected chi connectivity index (χ2v) is 8.26. The first kappa shape index (κ1) is 17.2. The quantitative estimate of drug-likeness (QED) is 0.700. The molecule has 2 saturated heterocycles. The highest BCUT2D eigenvalue weighted by molar-refractivity contribution is 4.76. The summed E-state index contributed by atoms with van der Waals surface area (Å²) in [5.74, 6) is 0.940. The number of piperidine rings is 2. The van der Waals surface area contributed by atoms with Crippen LogP contribution in [0.1, 0.15) is 52.9 Å². The predicted molar refractivity (Wildman–Crippen MR) is 89.7 cm³/mol. The fourth-order valence-corrected chi connectivity index (χ4v) is 3.47. The molecule has 21 heavy (non-hydrogen) atoms. The van der Waals surface area contributed by atoms with Crippen molar-refractivity contribution in [2.24, 2.45) is 11.3 Å². The first-order valence-corrected chi connectivity index (χ1v) is 9.05. The minimum Gasteiger partial charge on any atom is -0.380 e. The molecular weight excluding hydrogens is 260 g/mol. The molecule has 0 aromatic rings. The molecule has 0 aromatic carbocycles. The van der Waals surface area contributed by atoms with Gasteiger partial charge in [0.25, 0.3) is 0 Å². The molecule has 2 fully saturated rings. The molecule has 2 heterocycles. The van der Waals surface area contributed by atoms with Crippen molar-refractivity contribution >= 4 is 0 Å². The van der Waals surface area contributed by atoms with Gasteiger partial charge < -0.3 is 14.5 Å². The Morgan fingerprint density at radius 2 is 1.57 bits per heavy atom. The van der Waals surface area contributed by atoms with Crippen molar-refractivity contribution in [2.75, 3.05) is 52.5 Å². The van der Waals surface area contributed by atoms with Crippen molar-refractivity contribution in [3.63, 3.8) is 0 Å². The van der Waals surface area contributed by atoms with Gasteiger partial charge in [-0.2, -0.15) is 0 Å². The molecular formula is C18H36N2O. The molecule has 0 unspecified atom stereocenters. The van der Waals surface area contributed by atoms with Crippen LogP contribution in [0.15, 0.2) is 0 Å². The van der Waals surface area contributed by atoms with Gasteiger partial charge in [-0.3, -0.25) is 0 Å². The summed E-state index contributed by atoms with van der Waals surface area (Å²) in [6.45, 7) is 16.2. The van der Waals surface area contributed by atoms with Gasteiger partial charge in [-0.15, -0.1) is 0 Å². The van der Waals surface area contributed by atoms with E-state index in [4.69, 9.17) is 4.74 Å². The van der Waals surface area contributed by atoms with Gasteiger partial charge in [0.2, 0.25) is 0 Å². The third-order valence-electron chi connectivity index (χ3n) is 4.76. The third kappa shape index (κ3) is 7.12. The van der Waals surface area contributed by atoms with Gasteiger partial charge >= 0.3 is 0 Å². The minimum atomic E-state index is 0.293. The Morgan fingerprint density at radius 3 is 2.19 bits per heavy atom. The normalized spacial score (nSPS) is 23.6. The first-order valence-electron chi connectivity index (χ1n) is 9.05. The molecule has 0 saturated carbocycles. The summed E-state index contributed by atoms with van der Waals surface area (Å²) in [6, 6.07) is 0. The van der Waals surface area contributed by atoms with E-state index in [0.29, 0.717) is 5.41 Å². The van der Waals surface area contributed by atoms with E-state index in [1.54, 1.807) is 0 Å². The van der Waals surface area contributed by atoms with E-state index < -0.39 is 0 Å². The summed E-state index contributed by atoms with van der Waals surface area (Å²) in [4.78, 5) is 5.30. The molecule has 2 aliphatic heterocycles. The van der Waals surface area contributed by atoms with Gasteiger partial charge in [-0.05, 0) is 63.2 Å². The number of rotatable bonds is 6. The zero-order valence-corrected chi connectivity index (χ0v) is 14.6. The Bertz CT molecular complexity index is 273. The smallest absolute Gasteiger partial charge is 0.0593 e. The van der Waals surface area contributed by atoms with Gasteiger partial charge in [-0.25, -0.2) is 0 Å². The van der Waals surface area contributed by atoms with Gasteiger partial charge in [0, 0.05) is 13.1 Å². The van der Waals surface area contributed by atoms with Gasteiger partial charge in [-0.1, -0.05) is 27.2 Å². The van der Waals surface area contributed by atoms with E-state index in [1.807, 2.05) is 0 Å². The van der Waals surface area contributed by atoms with E-state index in [9.17, 15) is 0 Å². The van der Waals surface area contributed by atoms with Crippen LogP contribution in [-0.4, -0.2) is 62.3 Å². The molecule has 0 bridgehead atoms. The van der Waals surface area contributed by atoms with Crippen molar-refractivity contribution in [1.82, 2.24) is 9.80 Å². The lowest BCUT2D eigenvalue weighted by Gasteiger charge is -2.36. The van der Waals surface area contributed by atoms with Crippen LogP contribution in [0.4, 0.5) is 0 Å². The van der Waals surface area contributed by atoms with E-state index in [2.05, 4.69) is 30.6 Å². The van der Waals surface area contributed by atoms with Crippen LogP contribution >= 0.6 is 0 Å². The van der Waals surface area contributed by atoms with Crippen LogP contribution in [0.5, 0.6) is 0 Å². The molecule has 2 rings (SSSR count). The van der Waals surface area contributed by atoms with Crippen molar-refractivity contribution in [3.8, 4) is 0 Å². The molecule has 0 N–H and O–H groups in total. The molecule has 0 radical (unpaired) electrons. The van der Waals surface area contributed by atoms with Crippen LogP contribution in [0, 0.1) is 11.3 Å². The second-order valence-electron chi connectivity index (χ2n) is 8.26. The molecule has 2 aliphatic rings. The highest BCUT2D eigenvalue weighted by atomic mass is 16.5. The first-order chi connectivity index (χ1) is 10.0. The molecule has 0 amide bonds. The Kier molecular flexibility index (Phi) is 6.97. The molecule has 0 aliphatic carbocycles. The second kappa shape index (κ2) is 8.50. The van der Waals surface area contributed by atoms with Crippen LogP contribution in [-0.2, 0) is 4.74 Å². The summed E-state index contributed by atoms with van der Waals surface area (Å²) in [5.41, 5.74) is 0.293. The zero-order chi connectivity index (χ0) is 15.1. The van der Waals surface area contributed by atoms with Gasteiger partial charge in [0.05, 0.1) is 13.2 Å². The molecule has 0 aromatic heterocycles. The maximum absolute atomic E-state index is 5.80. The van der Waals surface area contributed by atoms with Crippen molar-refractivity contribution in [3.05, 3.63) is 0 Å². The van der Waals surface area contributed by atoms with Gasteiger partial charge in [0.1, 0.15) is 0 Å². The molecule has 124 valence electrons. The standard InChI is InChI=1S/C18H36N2O/c1-18(2,3)16-21-14-13-19-11-7-17(8-12-19)15-20-9-5-4-6-10-20/h17H,4-16H2,1-3H3. The van der Waals surface area contributed by atoms with E-state index >= 15 is 0 Å². The number of ether oxygens (including phenoxy) is 1. The van der Waals surface area contributed by atoms with Crippen LogP contribution in [0.3, 0.4) is 0 Å². The highest BCUT2D eigenvalue weighted by Gasteiger charge is 2.22. The summed E-state index contributed by atoms with van der Waals surface area (Å²) < 4.78 is 5.80. The number of hydrogen-bond donors (Lipinski definition) is 0. The average Bonchev–Trinajstić information content (AvgIpc) is 2.45. The highest BCUT2D eigenvalue weighted by Crippen LogP contribution is 2.20. The number of hydrogen-bond acceptors (Lipinski definition) is 3. The Morgan fingerprint density at radius 1 is 0.905 bits per heavy atom. The zero-order valence-electron chi connectivity index (χ0n) is 14.6. The van der Waals surface area contributed by atoms with Gasteiger partial charge in [0.15, 0.2) is 0 Å². The summed E-state index contributed by atoms with van der Waals surface area (Å²) in [7, 11) is 0. The lowest BCUT2D eigenvalue weighted by Crippen LogP contribution is -2.41. The van der Waals surface area contributed by atoms with Crippen molar-refractivity contribution in [1.29, 1.82) is 0 Å². The Labute approximate surface area is 132 Å².